The molecule has 100 valence electrons. The van der Waals surface area contributed by atoms with E-state index in [0.717, 1.165) is 25.7 Å². The highest BCUT2D eigenvalue weighted by Crippen LogP contribution is 2.50. The summed E-state index contributed by atoms with van der Waals surface area (Å²) < 4.78 is 38.4. The molecule has 0 bridgehead atoms. The van der Waals surface area contributed by atoms with E-state index in [1.165, 1.54) is 0 Å². The first kappa shape index (κ1) is 13.2. The molecule has 2 rings (SSSR count). The fraction of sp³-hybridized carbons (Fsp3) is 1.00. The lowest BCUT2D eigenvalue weighted by atomic mass is 9.79. The predicted octanol–water partition coefficient (Wildman–Crippen LogP) is 3.89. The second kappa shape index (κ2) is 4.45. The van der Waals surface area contributed by atoms with Crippen molar-refractivity contribution in [2.24, 2.45) is 11.8 Å². The van der Waals surface area contributed by atoms with Gasteiger partial charge in [-0.05, 0) is 50.4 Å². The van der Waals surface area contributed by atoms with Gasteiger partial charge in [0, 0.05) is 6.04 Å². The SMILES string of the molecule is CC(C)C1CCC(NC2(C(F)(F)F)CC2)CC1. The summed E-state index contributed by atoms with van der Waals surface area (Å²) in [5.41, 5.74) is -1.53. The van der Waals surface area contributed by atoms with E-state index in [-0.39, 0.29) is 18.9 Å². The maximum Gasteiger partial charge on any atom is 0.406 e. The summed E-state index contributed by atoms with van der Waals surface area (Å²) in [5, 5.41) is 2.88. The van der Waals surface area contributed by atoms with E-state index in [2.05, 4.69) is 19.2 Å². The summed E-state index contributed by atoms with van der Waals surface area (Å²) in [7, 11) is 0. The minimum Gasteiger partial charge on any atom is -0.301 e. The van der Waals surface area contributed by atoms with Gasteiger partial charge >= 0.3 is 6.18 Å². The third kappa shape index (κ3) is 2.78. The first-order valence-electron chi connectivity index (χ1n) is 6.68. The largest absolute Gasteiger partial charge is 0.406 e. The van der Waals surface area contributed by atoms with E-state index in [0.29, 0.717) is 11.8 Å². The first-order chi connectivity index (χ1) is 7.84. The summed E-state index contributed by atoms with van der Waals surface area (Å²) in [4.78, 5) is 0. The standard InChI is InChI=1S/C13H22F3N/c1-9(2)10-3-5-11(6-4-10)17-12(7-8-12)13(14,15)16/h9-11,17H,3-8H2,1-2H3. The van der Waals surface area contributed by atoms with Crippen molar-refractivity contribution in [3.63, 3.8) is 0 Å². The quantitative estimate of drug-likeness (QED) is 0.800. The van der Waals surface area contributed by atoms with Crippen LogP contribution < -0.4 is 5.32 Å². The van der Waals surface area contributed by atoms with E-state index in [1.54, 1.807) is 0 Å². The van der Waals surface area contributed by atoms with Gasteiger partial charge in [-0.3, -0.25) is 0 Å². The van der Waals surface area contributed by atoms with Crippen molar-refractivity contribution in [2.75, 3.05) is 0 Å². The zero-order chi connectivity index (χ0) is 12.7. The Morgan fingerprint density at radius 3 is 1.94 bits per heavy atom. The number of alkyl halides is 3. The third-order valence-corrected chi connectivity index (χ3v) is 4.49. The minimum absolute atomic E-state index is 0.0779. The molecular weight excluding hydrogens is 227 g/mol. The molecule has 0 atom stereocenters. The zero-order valence-corrected chi connectivity index (χ0v) is 10.6. The normalized spacial score (nSPS) is 32.8. The van der Waals surface area contributed by atoms with Crippen LogP contribution in [0.2, 0.25) is 0 Å². The van der Waals surface area contributed by atoms with E-state index in [9.17, 15) is 13.2 Å². The van der Waals surface area contributed by atoms with Gasteiger partial charge in [0.25, 0.3) is 0 Å². The number of halogens is 3. The van der Waals surface area contributed by atoms with Crippen LogP contribution in [0.15, 0.2) is 0 Å². The molecule has 17 heavy (non-hydrogen) atoms. The molecule has 2 aliphatic carbocycles. The van der Waals surface area contributed by atoms with E-state index in [1.807, 2.05) is 0 Å². The number of nitrogens with one attached hydrogen (secondary N) is 1. The summed E-state index contributed by atoms with van der Waals surface area (Å²) in [5.74, 6) is 1.36. The molecule has 0 aliphatic heterocycles. The molecule has 2 aliphatic rings. The fourth-order valence-electron chi connectivity index (χ4n) is 2.96. The van der Waals surface area contributed by atoms with Gasteiger partial charge in [0.15, 0.2) is 0 Å². The van der Waals surface area contributed by atoms with Crippen molar-refractivity contribution < 1.29 is 13.2 Å². The molecule has 2 saturated carbocycles. The lowest BCUT2D eigenvalue weighted by Crippen LogP contribution is -2.50. The highest BCUT2D eigenvalue weighted by molar-refractivity contribution is 5.09. The topological polar surface area (TPSA) is 12.0 Å². The Morgan fingerprint density at radius 2 is 1.59 bits per heavy atom. The molecule has 2 fully saturated rings. The van der Waals surface area contributed by atoms with Crippen LogP contribution in [0.25, 0.3) is 0 Å². The first-order valence-corrected chi connectivity index (χ1v) is 6.68. The molecule has 0 aromatic heterocycles. The van der Waals surface area contributed by atoms with Crippen LogP contribution in [-0.2, 0) is 0 Å². The van der Waals surface area contributed by atoms with E-state index in [4.69, 9.17) is 0 Å². The van der Waals surface area contributed by atoms with Crippen molar-refractivity contribution >= 4 is 0 Å². The number of hydrogen-bond donors (Lipinski definition) is 1. The maximum atomic E-state index is 12.8. The van der Waals surface area contributed by atoms with Crippen LogP contribution in [0.4, 0.5) is 13.2 Å². The third-order valence-electron chi connectivity index (χ3n) is 4.49. The molecule has 4 heteroatoms. The smallest absolute Gasteiger partial charge is 0.301 e. The van der Waals surface area contributed by atoms with Gasteiger partial charge in [0.1, 0.15) is 5.54 Å². The van der Waals surface area contributed by atoms with Gasteiger partial charge < -0.3 is 5.32 Å². The summed E-state index contributed by atoms with van der Waals surface area (Å²) in [6, 6.07) is 0.0779. The van der Waals surface area contributed by atoms with Crippen molar-refractivity contribution in [1.29, 1.82) is 0 Å². The van der Waals surface area contributed by atoms with Gasteiger partial charge in [-0.2, -0.15) is 13.2 Å². The molecular formula is C13H22F3N. The molecule has 0 aromatic rings. The molecule has 1 N–H and O–H groups in total. The molecule has 0 unspecified atom stereocenters. The average molecular weight is 249 g/mol. The van der Waals surface area contributed by atoms with Crippen LogP contribution in [0, 0.1) is 11.8 Å². The van der Waals surface area contributed by atoms with Crippen LogP contribution in [0.1, 0.15) is 52.4 Å². The van der Waals surface area contributed by atoms with Crippen molar-refractivity contribution in [2.45, 2.75) is 70.1 Å². The summed E-state index contributed by atoms with van der Waals surface area (Å²) in [6.07, 6.45) is 0.414. The summed E-state index contributed by atoms with van der Waals surface area (Å²) >= 11 is 0. The van der Waals surface area contributed by atoms with E-state index >= 15 is 0 Å². The average Bonchev–Trinajstić information content (AvgIpc) is 2.98. The summed E-state index contributed by atoms with van der Waals surface area (Å²) in [6.45, 7) is 4.41. The number of rotatable bonds is 3. The molecule has 0 radical (unpaired) electrons. The molecule has 0 aromatic carbocycles. The molecule has 1 nitrogen and oxygen atoms in total. The maximum absolute atomic E-state index is 12.8. The van der Waals surface area contributed by atoms with Gasteiger partial charge in [-0.15, -0.1) is 0 Å². The number of hydrogen-bond acceptors (Lipinski definition) is 1. The highest BCUT2D eigenvalue weighted by Gasteiger charge is 2.63. The Labute approximate surface area is 101 Å². The molecule has 0 spiro atoms. The Morgan fingerprint density at radius 1 is 1.06 bits per heavy atom. The van der Waals surface area contributed by atoms with Crippen molar-refractivity contribution in [3.05, 3.63) is 0 Å². The van der Waals surface area contributed by atoms with Crippen LogP contribution in [0.5, 0.6) is 0 Å². The lowest BCUT2D eigenvalue weighted by molar-refractivity contribution is -0.168. The second-order valence-corrected chi connectivity index (χ2v) is 6.08. The van der Waals surface area contributed by atoms with Gasteiger partial charge in [-0.1, -0.05) is 13.8 Å². The Hall–Kier alpha value is -0.250. The van der Waals surface area contributed by atoms with Crippen molar-refractivity contribution in [3.8, 4) is 0 Å². The van der Waals surface area contributed by atoms with Gasteiger partial charge in [0.05, 0.1) is 0 Å². The Bertz CT molecular complexity index is 260. The molecule has 0 amide bonds. The van der Waals surface area contributed by atoms with E-state index < -0.39 is 11.7 Å². The minimum atomic E-state index is -4.07. The van der Waals surface area contributed by atoms with Crippen molar-refractivity contribution in [1.82, 2.24) is 5.32 Å². The predicted molar refractivity (Wildman–Crippen MR) is 61.7 cm³/mol. The van der Waals surface area contributed by atoms with Gasteiger partial charge in [-0.25, -0.2) is 0 Å². The zero-order valence-electron chi connectivity index (χ0n) is 10.6. The molecule has 0 heterocycles. The second-order valence-electron chi connectivity index (χ2n) is 6.08. The Kier molecular flexibility index (Phi) is 3.45. The molecule has 0 saturated heterocycles. The lowest BCUT2D eigenvalue weighted by Gasteiger charge is -2.34. The van der Waals surface area contributed by atoms with Crippen LogP contribution >= 0.6 is 0 Å². The fourth-order valence-corrected chi connectivity index (χ4v) is 2.96. The monoisotopic (exact) mass is 249 g/mol. The van der Waals surface area contributed by atoms with Crippen LogP contribution in [0.3, 0.4) is 0 Å². The Balaban J connectivity index is 1.83. The highest BCUT2D eigenvalue weighted by atomic mass is 19.4. The van der Waals surface area contributed by atoms with Crippen LogP contribution in [-0.4, -0.2) is 17.8 Å². The van der Waals surface area contributed by atoms with Gasteiger partial charge in [0.2, 0.25) is 0 Å².